The van der Waals surface area contributed by atoms with E-state index < -0.39 is 10.0 Å². The maximum absolute atomic E-state index is 12.2. The first-order valence-electron chi connectivity index (χ1n) is 9.53. The van der Waals surface area contributed by atoms with Gasteiger partial charge in [0.1, 0.15) is 12.4 Å². The average molecular weight is 546 g/mol. The number of ether oxygens (including phenoxy) is 1. The number of nitrogens with one attached hydrogen (secondary N) is 1. The molecular weight excluding hydrogens is 515 g/mol. The molecule has 166 valence electrons. The van der Waals surface area contributed by atoms with E-state index in [4.69, 9.17) is 4.74 Å². The van der Waals surface area contributed by atoms with Gasteiger partial charge in [-0.1, -0.05) is 30.3 Å². The van der Waals surface area contributed by atoms with Crippen molar-refractivity contribution in [1.82, 2.24) is 14.5 Å². The maximum Gasteiger partial charge on any atom is 0.242 e. The van der Waals surface area contributed by atoms with Crippen molar-refractivity contribution in [3.05, 3.63) is 60.2 Å². The van der Waals surface area contributed by atoms with E-state index in [0.717, 1.165) is 23.8 Å². The molecule has 2 rings (SSSR count). The number of nitrogens with zero attached hydrogens (tertiary/aromatic N) is 3. The van der Waals surface area contributed by atoms with Crippen LogP contribution in [0.3, 0.4) is 0 Å². The minimum atomic E-state index is -3.42. The molecule has 0 saturated carbocycles. The summed E-state index contributed by atoms with van der Waals surface area (Å²) in [5.41, 5.74) is 0.937. The van der Waals surface area contributed by atoms with E-state index in [1.54, 1.807) is 24.3 Å². The number of rotatable bonds is 9. The Balaban J connectivity index is 0.00000450. The van der Waals surface area contributed by atoms with Gasteiger partial charge in [-0.15, -0.1) is 24.0 Å². The summed E-state index contributed by atoms with van der Waals surface area (Å²) in [6.07, 6.45) is 0. The Morgan fingerprint density at radius 2 is 1.67 bits per heavy atom. The Bertz CT molecular complexity index is 888. The van der Waals surface area contributed by atoms with Crippen molar-refractivity contribution in [2.75, 3.05) is 40.8 Å². The standard InChI is InChI=1S/C21H30N4O3S.HI/c1-5-22-21(25(4)15-16-28-19-9-7-6-8-10-19)23-17-18-11-13-20(14-12-18)29(26,27)24(2)3;/h6-14H,5,15-17H2,1-4H3,(H,22,23);1H. The molecule has 0 aromatic heterocycles. The quantitative estimate of drug-likeness (QED) is 0.298. The molecule has 0 unspecified atom stereocenters. The number of guanidine groups is 1. The molecule has 7 nitrogen and oxygen atoms in total. The van der Waals surface area contributed by atoms with Gasteiger partial charge in [-0.3, -0.25) is 0 Å². The fraction of sp³-hybridized carbons (Fsp3) is 0.381. The van der Waals surface area contributed by atoms with Crippen molar-refractivity contribution >= 4 is 40.0 Å². The third-order valence-electron chi connectivity index (χ3n) is 4.25. The number of sulfonamides is 1. The highest BCUT2D eigenvalue weighted by Gasteiger charge is 2.16. The highest BCUT2D eigenvalue weighted by molar-refractivity contribution is 14.0. The first-order valence-corrected chi connectivity index (χ1v) is 11.0. The van der Waals surface area contributed by atoms with Gasteiger partial charge >= 0.3 is 0 Å². The molecule has 0 atom stereocenters. The van der Waals surface area contributed by atoms with Gasteiger partial charge in [0.2, 0.25) is 10.0 Å². The van der Waals surface area contributed by atoms with E-state index >= 15 is 0 Å². The Hall–Kier alpha value is -1.85. The average Bonchev–Trinajstić information content (AvgIpc) is 2.72. The van der Waals surface area contributed by atoms with Gasteiger partial charge in [-0.05, 0) is 36.8 Å². The summed E-state index contributed by atoms with van der Waals surface area (Å²) in [5.74, 6) is 1.62. The van der Waals surface area contributed by atoms with Crippen molar-refractivity contribution in [2.45, 2.75) is 18.4 Å². The monoisotopic (exact) mass is 546 g/mol. The second-order valence-corrected chi connectivity index (χ2v) is 8.84. The van der Waals surface area contributed by atoms with Crippen LogP contribution in [0.15, 0.2) is 64.5 Å². The first kappa shape index (κ1) is 26.2. The molecule has 0 radical (unpaired) electrons. The Morgan fingerprint density at radius 1 is 1.03 bits per heavy atom. The highest BCUT2D eigenvalue weighted by Crippen LogP contribution is 2.14. The molecule has 0 saturated heterocycles. The Kier molecular flexibility index (Phi) is 11.1. The predicted molar refractivity (Wildman–Crippen MR) is 132 cm³/mol. The van der Waals surface area contributed by atoms with E-state index in [-0.39, 0.29) is 28.9 Å². The van der Waals surface area contributed by atoms with Crippen LogP contribution in [0.4, 0.5) is 0 Å². The molecule has 0 fully saturated rings. The fourth-order valence-electron chi connectivity index (χ4n) is 2.54. The van der Waals surface area contributed by atoms with Crippen LogP contribution in [0, 0.1) is 0 Å². The molecule has 30 heavy (non-hydrogen) atoms. The Labute approximate surface area is 197 Å². The van der Waals surface area contributed by atoms with Crippen molar-refractivity contribution in [3.63, 3.8) is 0 Å². The smallest absolute Gasteiger partial charge is 0.242 e. The van der Waals surface area contributed by atoms with Crippen LogP contribution in [0.5, 0.6) is 5.75 Å². The van der Waals surface area contributed by atoms with Gasteiger partial charge in [-0.2, -0.15) is 0 Å². The summed E-state index contributed by atoms with van der Waals surface area (Å²) in [6, 6.07) is 16.5. The van der Waals surface area contributed by atoms with E-state index in [0.29, 0.717) is 19.7 Å². The third-order valence-corrected chi connectivity index (χ3v) is 6.08. The van der Waals surface area contributed by atoms with Crippen molar-refractivity contribution in [3.8, 4) is 5.75 Å². The first-order chi connectivity index (χ1) is 13.8. The number of hydrogen-bond acceptors (Lipinski definition) is 4. The lowest BCUT2D eigenvalue weighted by Crippen LogP contribution is -2.40. The molecule has 2 aromatic rings. The maximum atomic E-state index is 12.2. The number of benzene rings is 2. The van der Waals surface area contributed by atoms with E-state index in [1.807, 2.05) is 49.2 Å². The lowest BCUT2D eigenvalue weighted by molar-refractivity contribution is 0.281. The number of halogens is 1. The lowest BCUT2D eigenvalue weighted by atomic mass is 10.2. The fourth-order valence-corrected chi connectivity index (χ4v) is 3.44. The van der Waals surface area contributed by atoms with E-state index in [9.17, 15) is 8.42 Å². The minimum absolute atomic E-state index is 0. The summed E-state index contributed by atoms with van der Waals surface area (Å²) in [4.78, 5) is 6.94. The predicted octanol–water partition coefficient (Wildman–Crippen LogP) is 3.03. The molecule has 0 bridgehead atoms. The summed E-state index contributed by atoms with van der Waals surface area (Å²) in [6.45, 7) is 4.45. The number of hydrogen-bond donors (Lipinski definition) is 1. The zero-order valence-electron chi connectivity index (χ0n) is 17.9. The molecule has 0 aliphatic heterocycles. The van der Waals surface area contributed by atoms with Crippen molar-refractivity contribution in [1.29, 1.82) is 0 Å². The summed E-state index contributed by atoms with van der Waals surface area (Å²) in [5, 5.41) is 3.27. The molecule has 0 aliphatic carbocycles. The molecule has 0 spiro atoms. The normalized spacial score (nSPS) is 11.7. The van der Waals surface area contributed by atoms with Gasteiger partial charge < -0.3 is 15.0 Å². The van der Waals surface area contributed by atoms with Crippen LogP contribution >= 0.6 is 24.0 Å². The molecule has 0 heterocycles. The van der Waals surface area contributed by atoms with Crippen LogP contribution in [0.25, 0.3) is 0 Å². The summed E-state index contributed by atoms with van der Waals surface area (Å²) >= 11 is 0. The van der Waals surface area contributed by atoms with Crippen LogP contribution in [-0.2, 0) is 16.6 Å². The topological polar surface area (TPSA) is 74.2 Å². The third kappa shape index (κ3) is 7.77. The minimum Gasteiger partial charge on any atom is -0.492 e. The Morgan fingerprint density at radius 3 is 2.23 bits per heavy atom. The zero-order valence-corrected chi connectivity index (χ0v) is 21.1. The van der Waals surface area contributed by atoms with Gasteiger partial charge in [0.15, 0.2) is 5.96 Å². The van der Waals surface area contributed by atoms with Crippen LogP contribution in [-0.4, -0.2) is 64.4 Å². The van der Waals surface area contributed by atoms with Crippen molar-refractivity contribution < 1.29 is 13.2 Å². The summed E-state index contributed by atoms with van der Waals surface area (Å²) in [7, 11) is 1.59. The zero-order chi connectivity index (χ0) is 21.3. The molecule has 9 heteroatoms. The lowest BCUT2D eigenvalue weighted by Gasteiger charge is -2.22. The molecule has 0 aliphatic rings. The second-order valence-electron chi connectivity index (χ2n) is 6.68. The van der Waals surface area contributed by atoms with Gasteiger partial charge in [-0.25, -0.2) is 17.7 Å². The van der Waals surface area contributed by atoms with E-state index in [2.05, 4.69) is 10.3 Å². The van der Waals surface area contributed by atoms with Gasteiger partial charge in [0, 0.05) is 27.7 Å². The van der Waals surface area contributed by atoms with Crippen LogP contribution in [0.1, 0.15) is 12.5 Å². The van der Waals surface area contributed by atoms with Crippen LogP contribution in [0.2, 0.25) is 0 Å². The van der Waals surface area contributed by atoms with Crippen LogP contribution < -0.4 is 10.1 Å². The molecule has 2 aromatic carbocycles. The summed E-state index contributed by atoms with van der Waals surface area (Å²) < 4.78 is 31.3. The van der Waals surface area contributed by atoms with Crippen molar-refractivity contribution in [2.24, 2.45) is 4.99 Å². The largest absolute Gasteiger partial charge is 0.492 e. The number of aliphatic imine (C=N–C) groups is 1. The number of para-hydroxylation sites is 1. The SMILES string of the molecule is CCNC(=NCc1ccc(S(=O)(=O)N(C)C)cc1)N(C)CCOc1ccccc1.I. The molecular formula is C21H31IN4O3S. The highest BCUT2D eigenvalue weighted by atomic mass is 127. The number of likely N-dealkylation sites (N-methyl/N-ethyl adjacent to an activating group) is 1. The van der Waals surface area contributed by atoms with Gasteiger partial charge in [0.25, 0.3) is 0 Å². The van der Waals surface area contributed by atoms with Gasteiger partial charge in [0.05, 0.1) is 18.0 Å². The van der Waals surface area contributed by atoms with E-state index in [1.165, 1.54) is 18.4 Å². The molecule has 1 N–H and O–H groups in total. The molecule has 0 amide bonds. The second kappa shape index (κ2) is 12.8.